The van der Waals surface area contributed by atoms with Gasteiger partial charge in [0, 0.05) is 17.1 Å². The van der Waals surface area contributed by atoms with Crippen LogP contribution in [0.2, 0.25) is 0 Å². The third-order valence-electron chi connectivity index (χ3n) is 5.04. The molecule has 0 aromatic heterocycles. The Morgan fingerprint density at radius 3 is 1.47 bits per heavy atom. The van der Waals surface area contributed by atoms with Crippen molar-refractivity contribution < 1.29 is 14.3 Å². The third kappa shape index (κ3) is 6.54. The smallest absolute Gasteiger partial charge is 0.323 e. The maximum absolute atomic E-state index is 12.5. The number of nitrogens with one attached hydrogen (secondary N) is 3. The summed E-state index contributed by atoms with van der Waals surface area (Å²) in [5, 5.41) is 8.34. The topological polar surface area (TPSA) is 79.5 Å². The predicted octanol–water partition coefficient (Wildman–Crippen LogP) is 6.08. The molecule has 4 aromatic carbocycles. The lowest BCUT2D eigenvalue weighted by Gasteiger charge is -2.19. The molecule has 0 heterocycles. The van der Waals surface area contributed by atoms with Crippen LogP contribution in [0.5, 0.6) is 0 Å². The molecule has 4 aromatic rings. The monoisotopic (exact) mass is 451 g/mol. The standard InChI is InChI=1S/C28H25N3O3/c32-26(20-34-27(21-10-4-1-5-11-21)22-12-6-2-7-13-22)29-24-16-18-25(19-17-24)31-28(33)30-23-14-8-3-9-15-23/h1-19,27H,20H2,(H,29,32)(H2,30,31,33). The third-order valence-corrected chi connectivity index (χ3v) is 5.04. The van der Waals surface area contributed by atoms with Gasteiger partial charge in [0.05, 0.1) is 0 Å². The Labute approximate surface area is 198 Å². The summed E-state index contributed by atoms with van der Waals surface area (Å²) in [6.07, 6.45) is -0.345. The minimum atomic E-state index is -0.345. The highest BCUT2D eigenvalue weighted by atomic mass is 16.5. The second-order valence-electron chi connectivity index (χ2n) is 7.58. The van der Waals surface area contributed by atoms with Crippen LogP contribution in [0, 0.1) is 0 Å². The number of ether oxygens (including phenoxy) is 1. The lowest BCUT2D eigenvalue weighted by molar-refractivity contribution is -0.121. The van der Waals surface area contributed by atoms with Crippen molar-refractivity contribution in [1.29, 1.82) is 0 Å². The van der Waals surface area contributed by atoms with Gasteiger partial charge in [-0.3, -0.25) is 4.79 Å². The van der Waals surface area contributed by atoms with Gasteiger partial charge in [0.2, 0.25) is 5.91 Å². The first-order valence-corrected chi connectivity index (χ1v) is 10.9. The zero-order chi connectivity index (χ0) is 23.6. The number of carbonyl (C=O) groups excluding carboxylic acids is 2. The Kier molecular flexibility index (Phi) is 7.66. The molecule has 6 heteroatoms. The first-order valence-electron chi connectivity index (χ1n) is 10.9. The number of hydrogen-bond donors (Lipinski definition) is 3. The number of para-hydroxylation sites is 1. The Morgan fingerprint density at radius 1 is 0.559 bits per heavy atom. The Morgan fingerprint density at radius 2 is 0.971 bits per heavy atom. The molecule has 0 saturated carbocycles. The molecule has 34 heavy (non-hydrogen) atoms. The van der Waals surface area contributed by atoms with Gasteiger partial charge < -0.3 is 20.7 Å². The minimum Gasteiger partial charge on any atom is -0.359 e. The van der Waals surface area contributed by atoms with Gasteiger partial charge in [-0.15, -0.1) is 0 Å². The van der Waals surface area contributed by atoms with Crippen molar-refractivity contribution in [3.63, 3.8) is 0 Å². The summed E-state index contributed by atoms with van der Waals surface area (Å²) < 4.78 is 6.00. The molecule has 3 N–H and O–H groups in total. The maximum Gasteiger partial charge on any atom is 0.323 e. The van der Waals surface area contributed by atoms with E-state index in [1.54, 1.807) is 36.4 Å². The molecule has 0 aliphatic rings. The first-order chi connectivity index (χ1) is 16.7. The van der Waals surface area contributed by atoms with Crippen LogP contribution >= 0.6 is 0 Å². The molecule has 0 bridgehead atoms. The number of hydrogen-bond acceptors (Lipinski definition) is 3. The number of benzene rings is 4. The molecular weight excluding hydrogens is 426 g/mol. The van der Waals surface area contributed by atoms with Crippen LogP contribution in [0.3, 0.4) is 0 Å². The van der Waals surface area contributed by atoms with Crippen molar-refractivity contribution in [2.75, 3.05) is 22.6 Å². The summed E-state index contributed by atoms with van der Waals surface area (Å²) in [6, 6.07) is 35.3. The SMILES string of the molecule is O=C(COC(c1ccccc1)c1ccccc1)Nc1ccc(NC(=O)Nc2ccccc2)cc1. The summed E-state index contributed by atoms with van der Waals surface area (Å²) in [5.41, 5.74) is 3.87. The van der Waals surface area contributed by atoms with Gasteiger partial charge in [0.25, 0.3) is 0 Å². The summed E-state index contributed by atoms with van der Waals surface area (Å²) >= 11 is 0. The van der Waals surface area contributed by atoms with Crippen LogP contribution in [-0.4, -0.2) is 18.5 Å². The quantitative estimate of drug-likeness (QED) is 0.304. The molecule has 0 radical (unpaired) electrons. The number of amides is 3. The average Bonchev–Trinajstić information content (AvgIpc) is 2.87. The second-order valence-corrected chi connectivity index (χ2v) is 7.58. The minimum absolute atomic E-state index is 0.103. The Hall–Kier alpha value is -4.42. The van der Waals surface area contributed by atoms with Crippen LogP contribution in [0.25, 0.3) is 0 Å². The Balaban J connectivity index is 1.31. The van der Waals surface area contributed by atoms with Crippen molar-refractivity contribution in [3.8, 4) is 0 Å². The van der Waals surface area contributed by atoms with E-state index in [0.29, 0.717) is 17.1 Å². The normalized spacial score (nSPS) is 10.5. The van der Waals surface area contributed by atoms with E-state index in [1.165, 1.54) is 0 Å². The number of carbonyl (C=O) groups is 2. The van der Waals surface area contributed by atoms with Crippen molar-refractivity contribution >= 4 is 29.0 Å². The fraction of sp³-hybridized carbons (Fsp3) is 0.0714. The fourth-order valence-electron chi connectivity index (χ4n) is 3.45. The number of anilines is 3. The van der Waals surface area contributed by atoms with Crippen LogP contribution < -0.4 is 16.0 Å². The van der Waals surface area contributed by atoms with E-state index in [-0.39, 0.29) is 24.6 Å². The molecular formula is C28H25N3O3. The molecule has 0 aliphatic carbocycles. The van der Waals surface area contributed by atoms with Crippen molar-refractivity contribution in [2.24, 2.45) is 0 Å². The van der Waals surface area contributed by atoms with Crippen molar-refractivity contribution in [2.45, 2.75) is 6.10 Å². The molecule has 170 valence electrons. The second kappa shape index (κ2) is 11.4. The fourth-order valence-corrected chi connectivity index (χ4v) is 3.45. The number of urea groups is 1. The molecule has 4 rings (SSSR count). The lowest BCUT2D eigenvalue weighted by atomic mass is 10.0. The van der Waals surface area contributed by atoms with E-state index in [4.69, 9.17) is 4.74 Å². The van der Waals surface area contributed by atoms with Crippen LogP contribution in [-0.2, 0) is 9.53 Å². The van der Waals surface area contributed by atoms with E-state index in [0.717, 1.165) is 11.1 Å². The maximum atomic E-state index is 12.5. The highest BCUT2D eigenvalue weighted by Gasteiger charge is 2.16. The molecule has 0 saturated heterocycles. The van der Waals surface area contributed by atoms with E-state index in [9.17, 15) is 9.59 Å². The van der Waals surface area contributed by atoms with E-state index in [1.807, 2.05) is 78.9 Å². The molecule has 0 spiro atoms. The zero-order valence-corrected chi connectivity index (χ0v) is 18.5. The van der Waals surface area contributed by atoms with Gasteiger partial charge in [-0.05, 0) is 47.5 Å². The first kappa shape index (κ1) is 22.8. The molecule has 3 amide bonds. The largest absolute Gasteiger partial charge is 0.359 e. The Bertz CT molecular complexity index is 1160. The van der Waals surface area contributed by atoms with Gasteiger partial charge in [0.15, 0.2) is 0 Å². The van der Waals surface area contributed by atoms with Gasteiger partial charge in [-0.1, -0.05) is 78.9 Å². The van der Waals surface area contributed by atoms with Crippen molar-refractivity contribution in [3.05, 3.63) is 126 Å². The summed E-state index contributed by atoms with van der Waals surface area (Å²) in [5.74, 6) is -0.264. The van der Waals surface area contributed by atoms with Gasteiger partial charge in [0.1, 0.15) is 12.7 Å². The van der Waals surface area contributed by atoms with Crippen LogP contribution in [0.15, 0.2) is 115 Å². The molecule has 0 fully saturated rings. The van der Waals surface area contributed by atoms with Gasteiger partial charge in [-0.25, -0.2) is 4.79 Å². The lowest BCUT2D eigenvalue weighted by Crippen LogP contribution is -2.21. The van der Waals surface area contributed by atoms with E-state index >= 15 is 0 Å². The van der Waals surface area contributed by atoms with Crippen LogP contribution in [0.1, 0.15) is 17.2 Å². The summed E-state index contributed by atoms with van der Waals surface area (Å²) in [4.78, 5) is 24.6. The van der Waals surface area contributed by atoms with Gasteiger partial charge in [-0.2, -0.15) is 0 Å². The predicted molar refractivity (Wildman–Crippen MR) is 135 cm³/mol. The molecule has 0 unspecified atom stereocenters. The molecule has 0 atom stereocenters. The summed E-state index contributed by atoms with van der Waals surface area (Å²) in [7, 11) is 0. The number of rotatable bonds is 8. The highest BCUT2D eigenvalue weighted by Crippen LogP contribution is 2.25. The van der Waals surface area contributed by atoms with E-state index < -0.39 is 0 Å². The highest BCUT2D eigenvalue weighted by molar-refractivity contribution is 6.00. The van der Waals surface area contributed by atoms with Gasteiger partial charge >= 0.3 is 6.03 Å². The zero-order valence-electron chi connectivity index (χ0n) is 18.5. The average molecular weight is 452 g/mol. The van der Waals surface area contributed by atoms with Crippen LogP contribution in [0.4, 0.5) is 21.9 Å². The molecule has 0 aliphatic heterocycles. The summed E-state index contributed by atoms with van der Waals surface area (Å²) in [6.45, 7) is -0.103. The van der Waals surface area contributed by atoms with Crippen molar-refractivity contribution in [1.82, 2.24) is 0 Å². The van der Waals surface area contributed by atoms with E-state index in [2.05, 4.69) is 16.0 Å². The molecule has 6 nitrogen and oxygen atoms in total.